The topological polar surface area (TPSA) is 130 Å². The monoisotopic (exact) mass is 657 g/mol. The van der Waals surface area contributed by atoms with Crippen LogP contribution >= 0.6 is 34.9 Å². The van der Waals surface area contributed by atoms with Crippen LogP contribution in [0.4, 0.5) is 8.78 Å². The number of amides is 3. The van der Waals surface area contributed by atoms with E-state index in [1.165, 1.54) is 29.2 Å². The Hall–Kier alpha value is -2.32. The molecule has 1 aromatic rings. The average Bonchev–Trinajstić information content (AvgIpc) is 3.60. The van der Waals surface area contributed by atoms with Crippen LogP contribution in [-0.2, 0) is 25.7 Å². The number of aliphatic imine (C=N–C) groups is 1. The van der Waals surface area contributed by atoms with E-state index in [0.29, 0.717) is 40.1 Å². The number of thioether (sulfide) groups is 2. The first kappa shape index (κ1) is 35.2. The van der Waals surface area contributed by atoms with E-state index in [9.17, 15) is 19.2 Å². The van der Waals surface area contributed by atoms with Crippen LogP contribution in [0.15, 0.2) is 22.5 Å². The molecule has 3 N–H and O–H groups in total. The summed E-state index contributed by atoms with van der Waals surface area (Å²) >= 11 is 3.68. The average molecular weight is 658 g/mol. The van der Waals surface area contributed by atoms with E-state index in [-0.39, 0.29) is 11.7 Å². The second kappa shape index (κ2) is 16.1. The van der Waals surface area contributed by atoms with Crippen molar-refractivity contribution in [3.05, 3.63) is 28.2 Å². The van der Waals surface area contributed by atoms with Gasteiger partial charge in [-0.25, -0.2) is 4.98 Å². The molecule has 0 saturated carbocycles. The second-order valence-electron chi connectivity index (χ2n) is 11.2. The number of rotatable bonds is 11. The number of fused-ring (bicyclic) bond motifs is 4. The molecule has 0 fully saturated rings. The number of nitrogens with zero attached hydrogens (tertiary/aromatic N) is 2. The summed E-state index contributed by atoms with van der Waals surface area (Å²) in [5.41, 5.74) is -0.669. The van der Waals surface area contributed by atoms with Crippen molar-refractivity contribution in [1.82, 2.24) is 20.9 Å². The van der Waals surface area contributed by atoms with Crippen LogP contribution in [0.1, 0.15) is 83.3 Å². The lowest BCUT2D eigenvalue weighted by molar-refractivity contribution is -0.150. The fraction of sp³-hybridized carbons (Fsp3) is 0.655. The number of nitrogens with one attached hydrogen (secondary N) is 3. The number of carbonyl (C=O) groups excluding carboxylic acids is 4. The molecule has 0 aromatic carbocycles. The number of aromatic nitrogens is 1. The first-order chi connectivity index (χ1) is 20.4. The molecule has 43 heavy (non-hydrogen) atoms. The molecule has 4 bridgehead atoms. The number of halogens is 2. The van der Waals surface area contributed by atoms with Crippen LogP contribution in [0, 0.1) is 5.92 Å². The van der Waals surface area contributed by atoms with Gasteiger partial charge in [0.2, 0.25) is 11.8 Å². The lowest BCUT2D eigenvalue weighted by Gasteiger charge is -2.30. The summed E-state index contributed by atoms with van der Waals surface area (Å²) in [4.78, 5) is 60.5. The molecule has 2 aliphatic rings. The fourth-order valence-electron chi connectivity index (χ4n) is 4.40. The zero-order valence-corrected chi connectivity index (χ0v) is 27.5. The van der Waals surface area contributed by atoms with Crippen molar-refractivity contribution in [3.8, 4) is 0 Å². The molecule has 14 heteroatoms. The highest BCUT2D eigenvalue weighted by atomic mass is 32.2. The minimum atomic E-state index is -4.01. The van der Waals surface area contributed by atoms with Crippen molar-refractivity contribution in [2.45, 2.75) is 103 Å². The Morgan fingerprint density at radius 3 is 2.63 bits per heavy atom. The predicted molar refractivity (Wildman–Crippen MR) is 170 cm³/mol. The molecule has 3 heterocycles. The van der Waals surface area contributed by atoms with Gasteiger partial charge in [0.15, 0.2) is 5.12 Å². The van der Waals surface area contributed by atoms with E-state index >= 15 is 8.78 Å². The zero-order valence-electron chi connectivity index (χ0n) is 25.0. The highest BCUT2D eigenvalue weighted by Crippen LogP contribution is 2.32. The van der Waals surface area contributed by atoms with Crippen molar-refractivity contribution in [2.24, 2.45) is 10.9 Å². The van der Waals surface area contributed by atoms with Crippen LogP contribution < -0.4 is 16.0 Å². The smallest absolute Gasteiger partial charge is 0.344 e. The van der Waals surface area contributed by atoms with E-state index in [1.807, 2.05) is 0 Å². The molecule has 0 aliphatic carbocycles. The Bertz CT molecular complexity index is 1220. The summed E-state index contributed by atoms with van der Waals surface area (Å²) in [5, 5.41) is 9.92. The molecule has 0 unspecified atom stereocenters. The van der Waals surface area contributed by atoms with Gasteiger partial charge in [-0.2, -0.15) is 8.78 Å². The van der Waals surface area contributed by atoms with Crippen molar-refractivity contribution >= 4 is 62.7 Å². The number of hydrogen-bond donors (Lipinski definition) is 3. The van der Waals surface area contributed by atoms with Gasteiger partial charge < -0.3 is 16.0 Å². The van der Waals surface area contributed by atoms with Gasteiger partial charge in [-0.05, 0) is 25.7 Å². The largest absolute Gasteiger partial charge is 0.347 e. The minimum absolute atomic E-state index is 0.0549. The number of thiazole rings is 1. The van der Waals surface area contributed by atoms with Gasteiger partial charge in [-0.15, -0.1) is 23.1 Å². The van der Waals surface area contributed by atoms with E-state index in [0.717, 1.165) is 49.9 Å². The Balaban J connectivity index is 1.76. The summed E-state index contributed by atoms with van der Waals surface area (Å²) in [7, 11) is 0. The molecule has 0 saturated heterocycles. The van der Waals surface area contributed by atoms with Crippen LogP contribution in [0.2, 0.25) is 0 Å². The van der Waals surface area contributed by atoms with Gasteiger partial charge in [-0.1, -0.05) is 70.4 Å². The number of hydrogen-bond acceptors (Lipinski definition) is 9. The molecule has 0 spiro atoms. The van der Waals surface area contributed by atoms with Crippen LogP contribution in [0.5, 0.6) is 0 Å². The third kappa shape index (κ3) is 9.84. The normalized spacial score (nSPS) is 24.5. The predicted octanol–water partition coefficient (Wildman–Crippen LogP) is 4.85. The lowest BCUT2D eigenvalue weighted by Crippen LogP contribution is -2.60. The maximum Gasteiger partial charge on any atom is 0.347 e. The van der Waals surface area contributed by atoms with Crippen LogP contribution in [0.25, 0.3) is 0 Å². The Morgan fingerprint density at radius 1 is 1.16 bits per heavy atom. The Labute approximate surface area is 264 Å². The van der Waals surface area contributed by atoms with E-state index < -0.39 is 47.2 Å². The highest BCUT2D eigenvalue weighted by molar-refractivity contribution is 8.14. The summed E-state index contributed by atoms with van der Waals surface area (Å²) in [6.07, 6.45) is 8.51. The maximum absolute atomic E-state index is 15.6. The van der Waals surface area contributed by atoms with Gasteiger partial charge in [0.1, 0.15) is 33.4 Å². The SMILES string of the molecule is CCCCCCCC(=O)SCC/C=C/[C@H]1NC(=O)[C@H](C(C)C)NC(=O)[C@]2(C)CSC(=N2)c2csc(n2)CNC(=O)C1(F)F. The summed E-state index contributed by atoms with van der Waals surface area (Å²) in [5.74, 6) is -6.65. The second-order valence-corrected chi connectivity index (χ2v) is 14.3. The van der Waals surface area contributed by atoms with Crippen molar-refractivity contribution in [1.29, 1.82) is 0 Å². The fourth-order valence-corrected chi connectivity index (χ4v) is 7.10. The van der Waals surface area contributed by atoms with E-state index in [1.54, 1.807) is 26.2 Å². The molecule has 238 valence electrons. The molecular formula is C29H41F2N5O4S3. The number of alkyl halides is 2. The summed E-state index contributed by atoms with van der Waals surface area (Å²) in [6, 6.07) is -3.13. The molecule has 1 aromatic heterocycles. The third-order valence-corrected chi connectivity index (χ3v) is 10.2. The van der Waals surface area contributed by atoms with Crippen molar-refractivity contribution in [2.75, 3.05) is 11.5 Å². The lowest BCUT2D eigenvalue weighted by atomic mass is 9.98. The van der Waals surface area contributed by atoms with Crippen LogP contribution in [0.3, 0.4) is 0 Å². The molecule has 2 aliphatic heterocycles. The number of unbranched alkanes of at least 4 members (excludes halogenated alkanes) is 4. The molecule has 3 atom stereocenters. The first-order valence-electron chi connectivity index (χ1n) is 14.6. The van der Waals surface area contributed by atoms with Gasteiger partial charge in [-0.3, -0.25) is 24.2 Å². The third-order valence-electron chi connectivity index (χ3n) is 7.09. The quantitative estimate of drug-likeness (QED) is 0.229. The molecule has 0 radical (unpaired) electrons. The highest BCUT2D eigenvalue weighted by Gasteiger charge is 2.48. The van der Waals surface area contributed by atoms with Crippen LogP contribution in [-0.4, -0.2) is 67.9 Å². The van der Waals surface area contributed by atoms with Gasteiger partial charge >= 0.3 is 5.92 Å². The standard InChI is InChI=1S/C29H41F2N5O4S3/c1-5-6-7-8-9-13-22(37)41-14-11-10-12-20-29(30,31)27(40)32-15-21-33-19(16-42-21)25-36-28(4,17-43-25)26(39)35-23(18(2)3)24(38)34-20/h10,12,16,18,20,23H,5-9,11,13-15,17H2,1-4H3,(H,32,40)(H,34,38)(H,35,39)/b12-10+/t20-,23+,28+/m1/s1. The molecule has 9 nitrogen and oxygen atoms in total. The van der Waals surface area contributed by atoms with Gasteiger partial charge in [0.05, 0.1) is 6.54 Å². The first-order valence-corrected chi connectivity index (χ1v) is 17.5. The molecule has 3 amide bonds. The number of carbonyl (C=O) groups is 4. The number of allylic oxidation sites excluding steroid dienone is 1. The maximum atomic E-state index is 15.6. The van der Waals surface area contributed by atoms with Gasteiger partial charge in [0.25, 0.3) is 5.91 Å². The van der Waals surface area contributed by atoms with E-state index in [2.05, 4.69) is 32.9 Å². The minimum Gasteiger partial charge on any atom is -0.344 e. The Kier molecular flexibility index (Phi) is 13.2. The Morgan fingerprint density at radius 2 is 1.91 bits per heavy atom. The van der Waals surface area contributed by atoms with E-state index in [4.69, 9.17) is 0 Å². The van der Waals surface area contributed by atoms with Crippen molar-refractivity contribution < 1.29 is 28.0 Å². The summed E-state index contributed by atoms with van der Waals surface area (Å²) < 4.78 is 31.1. The summed E-state index contributed by atoms with van der Waals surface area (Å²) in [6.45, 7) is 6.93. The molecule has 3 rings (SSSR count). The molecular weight excluding hydrogens is 617 g/mol. The van der Waals surface area contributed by atoms with Gasteiger partial charge in [0, 0.05) is 23.3 Å². The van der Waals surface area contributed by atoms with Crippen molar-refractivity contribution in [3.63, 3.8) is 0 Å². The zero-order chi connectivity index (χ0) is 31.6.